The number of aliphatic hydroxyl groups is 1. The molecule has 1 aromatic rings. The van der Waals surface area contributed by atoms with E-state index >= 15 is 0 Å². The van der Waals surface area contributed by atoms with Crippen molar-refractivity contribution in [3.63, 3.8) is 0 Å². The summed E-state index contributed by atoms with van der Waals surface area (Å²) >= 11 is 3.60. The van der Waals surface area contributed by atoms with E-state index in [0.29, 0.717) is 12.6 Å². The molecule has 1 aliphatic carbocycles. The predicted octanol–water partition coefficient (Wildman–Crippen LogP) is 3.19. The maximum absolute atomic E-state index is 9.74. The Kier molecular flexibility index (Phi) is 4.60. The van der Waals surface area contributed by atoms with Crippen LogP contribution in [0.1, 0.15) is 43.4 Å². The first-order valence-corrected chi connectivity index (χ1v) is 7.20. The summed E-state index contributed by atoms with van der Waals surface area (Å²) in [6, 6.07) is 6.80. The Balaban J connectivity index is 1.96. The Bertz CT molecular complexity index is 380. The van der Waals surface area contributed by atoms with Gasteiger partial charge in [-0.1, -0.05) is 41.4 Å². The molecule has 94 valence electrons. The molecule has 2 N–H and O–H groups in total. The number of aliphatic hydroxyl groups excluding tert-OH is 1. The van der Waals surface area contributed by atoms with Crippen LogP contribution in [0.4, 0.5) is 0 Å². The van der Waals surface area contributed by atoms with E-state index in [1.165, 1.54) is 15.6 Å². The highest BCUT2D eigenvalue weighted by atomic mass is 79.9. The molecule has 2 nitrogen and oxygen atoms in total. The maximum atomic E-state index is 9.74. The number of benzene rings is 1. The molecule has 2 rings (SSSR count). The zero-order valence-corrected chi connectivity index (χ0v) is 11.8. The molecule has 0 amide bonds. The molecule has 17 heavy (non-hydrogen) atoms. The Morgan fingerprint density at radius 3 is 3.12 bits per heavy atom. The van der Waals surface area contributed by atoms with Gasteiger partial charge in [0, 0.05) is 17.1 Å². The van der Waals surface area contributed by atoms with Crippen LogP contribution < -0.4 is 5.32 Å². The van der Waals surface area contributed by atoms with Gasteiger partial charge < -0.3 is 10.4 Å². The summed E-state index contributed by atoms with van der Waals surface area (Å²) < 4.78 is 1.22. The SMILES string of the molecule is CCCC(O)CNC1CCc2c(Br)cccc21. The van der Waals surface area contributed by atoms with Gasteiger partial charge in [-0.05, 0) is 36.5 Å². The van der Waals surface area contributed by atoms with E-state index in [1.54, 1.807) is 0 Å². The second-order valence-corrected chi connectivity index (χ2v) is 5.60. The number of rotatable bonds is 5. The van der Waals surface area contributed by atoms with E-state index in [0.717, 1.165) is 25.7 Å². The molecule has 2 atom stereocenters. The van der Waals surface area contributed by atoms with Crippen molar-refractivity contribution in [2.45, 2.75) is 44.8 Å². The van der Waals surface area contributed by atoms with E-state index in [1.807, 2.05) is 0 Å². The summed E-state index contributed by atoms with van der Waals surface area (Å²) in [4.78, 5) is 0. The van der Waals surface area contributed by atoms with E-state index in [2.05, 4.69) is 46.4 Å². The Morgan fingerprint density at radius 2 is 2.35 bits per heavy atom. The highest BCUT2D eigenvalue weighted by Crippen LogP contribution is 2.35. The quantitative estimate of drug-likeness (QED) is 0.875. The van der Waals surface area contributed by atoms with Gasteiger partial charge in [-0.25, -0.2) is 0 Å². The van der Waals surface area contributed by atoms with Crippen LogP contribution in [-0.4, -0.2) is 17.8 Å². The number of fused-ring (bicyclic) bond motifs is 1. The lowest BCUT2D eigenvalue weighted by Gasteiger charge is -2.17. The second-order valence-electron chi connectivity index (χ2n) is 4.75. The first-order valence-electron chi connectivity index (χ1n) is 6.41. The lowest BCUT2D eigenvalue weighted by Crippen LogP contribution is -2.29. The van der Waals surface area contributed by atoms with Crippen LogP contribution in [0.15, 0.2) is 22.7 Å². The van der Waals surface area contributed by atoms with Crippen LogP contribution in [0, 0.1) is 0 Å². The molecule has 3 heteroatoms. The van der Waals surface area contributed by atoms with Gasteiger partial charge in [-0.3, -0.25) is 0 Å². The van der Waals surface area contributed by atoms with Gasteiger partial charge >= 0.3 is 0 Å². The van der Waals surface area contributed by atoms with Gasteiger partial charge in [-0.2, -0.15) is 0 Å². The molecular formula is C14H20BrNO. The van der Waals surface area contributed by atoms with Gasteiger partial charge in [-0.15, -0.1) is 0 Å². The minimum Gasteiger partial charge on any atom is -0.392 e. The number of halogens is 1. The molecule has 1 aromatic carbocycles. The molecule has 0 aromatic heterocycles. The zero-order chi connectivity index (χ0) is 12.3. The van der Waals surface area contributed by atoms with Crippen LogP contribution in [-0.2, 0) is 6.42 Å². The minimum absolute atomic E-state index is 0.212. The van der Waals surface area contributed by atoms with Gasteiger partial charge in [0.15, 0.2) is 0 Å². The molecule has 0 spiro atoms. The molecule has 1 aliphatic rings. The van der Waals surface area contributed by atoms with E-state index < -0.39 is 0 Å². The van der Waals surface area contributed by atoms with Crippen molar-refractivity contribution in [1.82, 2.24) is 5.32 Å². The van der Waals surface area contributed by atoms with Crippen LogP contribution >= 0.6 is 15.9 Å². The van der Waals surface area contributed by atoms with E-state index in [-0.39, 0.29) is 6.10 Å². The van der Waals surface area contributed by atoms with Crippen molar-refractivity contribution in [2.24, 2.45) is 0 Å². The van der Waals surface area contributed by atoms with Gasteiger partial charge in [0.2, 0.25) is 0 Å². The zero-order valence-electron chi connectivity index (χ0n) is 10.2. The molecule has 0 bridgehead atoms. The fourth-order valence-corrected chi connectivity index (χ4v) is 3.12. The molecule has 0 aliphatic heterocycles. The number of hydrogen-bond donors (Lipinski definition) is 2. The summed E-state index contributed by atoms with van der Waals surface area (Å²) in [5, 5.41) is 13.2. The normalized spacial score (nSPS) is 20.3. The Labute approximate surface area is 112 Å². The summed E-state index contributed by atoms with van der Waals surface area (Å²) in [5.41, 5.74) is 2.82. The van der Waals surface area contributed by atoms with Crippen LogP contribution in [0.25, 0.3) is 0 Å². The standard InChI is InChI=1S/C14H20BrNO/c1-2-4-10(17)9-16-14-8-7-11-12(14)5-3-6-13(11)15/h3,5-6,10,14,16-17H,2,4,7-9H2,1H3. The first kappa shape index (κ1) is 13.1. The van der Waals surface area contributed by atoms with Crippen LogP contribution in [0.2, 0.25) is 0 Å². The molecular weight excluding hydrogens is 278 g/mol. The summed E-state index contributed by atoms with van der Waals surface area (Å²) in [7, 11) is 0. The van der Waals surface area contributed by atoms with E-state index in [9.17, 15) is 5.11 Å². The van der Waals surface area contributed by atoms with Crippen LogP contribution in [0.3, 0.4) is 0 Å². The Morgan fingerprint density at radius 1 is 1.53 bits per heavy atom. The third-order valence-electron chi connectivity index (χ3n) is 3.44. The van der Waals surface area contributed by atoms with Crippen LogP contribution in [0.5, 0.6) is 0 Å². The van der Waals surface area contributed by atoms with Crippen molar-refractivity contribution in [3.8, 4) is 0 Å². The monoisotopic (exact) mass is 297 g/mol. The van der Waals surface area contributed by atoms with E-state index in [4.69, 9.17) is 0 Å². The predicted molar refractivity (Wildman–Crippen MR) is 74.1 cm³/mol. The molecule has 0 radical (unpaired) electrons. The van der Waals surface area contributed by atoms with Crippen molar-refractivity contribution >= 4 is 15.9 Å². The molecule has 2 unspecified atom stereocenters. The van der Waals surface area contributed by atoms with Gasteiger partial charge in [0.05, 0.1) is 6.10 Å². The lowest BCUT2D eigenvalue weighted by atomic mass is 10.1. The van der Waals surface area contributed by atoms with Gasteiger partial charge in [0.25, 0.3) is 0 Å². The third kappa shape index (κ3) is 3.09. The molecule has 0 fully saturated rings. The van der Waals surface area contributed by atoms with Crippen molar-refractivity contribution < 1.29 is 5.11 Å². The third-order valence-corrected chi connectivity index (χ3v) is 4.18. The average Bonchev–Trinajstić information content (AvgIpc) is 2.72. The minimum atomic E-state index is -0.212. The fraction of sp³-hybridized carbons (Fsp3) is 0.571. The van der Waals surface area contributed by atoms with Crippen molar-refractivity contribution in [3.05, 3.63) is 33.8 Å². The molecule has 0 saturated carbocycles. The molecule has 0 saturated heterocycles. The lowest BCUT2D eigenvalue weighted by molar-refractivity contribution is 0.156. The maximum Gasteiger partial charge on any atom is 0.0664 e. The smallest absolute Gasteiger partial charge is 0.0664 e. The first-order chi connectivity index (χ1) is 8.22. The highest BCUT2D eigenvalue weighted by molar-refractivity contribution is 9.10. The molecule has 0 heterocycles. The Hall–Kier alpha value is -0.380. The fourth-order valence-electron chi connectivity index (χ4n) is 2.54. The summed E-state index contributed by atoms with van der Waals surface area (Å²) in [5.74, 6) is 0. The second kappa shape index (κ2) is 5.98. The topological polar surface area (TPSA) is 32.3 Å². The largest absolute Gasteiger partial charge is 0.392 e. The number of hydrogen-bond acceptors (Lipinski definition) is 2. The van der Waals surface area contributed by atoms with Crippen molar-refractivity contribution in [2.75, 3.05) is 6.54 Å². The highest BCUT2D eigenvalue weighted by Gasteiger charge is 2.23. The van der Waals surface area contributed by atoms with Crippen molar-refractivity contribution in [1.29, 1.82) is 0 Å². The van der Waals surface area contributed by atoms with Gasteiger partial charge in [0.1, 0.15) is 0 Å². The summed E-state index contributed by atoms with van der Waals surface area (Å²) in [6.07, 6.45) is 3.96. The summed E-state index contributed by atoms with van der Waals surface area (Å²) in [6.45, 7) is 2.80. The average molecular weight is 298 g/mol. The number of nitrogens with one attached hydrogen (secondary N) is 1.